The van der Waals surface area contributed by atoms with Crippen LogP contribution in [0.5, 0.6) is 0 Å². The van der Waals surface area contributed by atoms with Crippen molar-refractivity contribution in [3.63, 3.8) is 0 Å². The van der Waals surface area contributed by atoms with Crippen LogP contribution in [0.15, 0.2) is 43.0 Å². The molecule has 138 valence electrons. The second-order valence-corrected chi connectivity index (χ2v) is 7.01. The van der Waals surface area contributed by atoms with Crippen LogP contribution in [-0.2, 0) is 25.6 Å². The zero-order valence-corrected chi connectivity index (χ0v) is 14.7. The predicted molar refractivity (Wildman–Crippen MR) is 90.6 cm³/mol. The highest BCUT2D eigenvalue weighted by Crippen LogP contribution is 2.52. The first kappa shape index (κ1) is 18.5. The van der Waals surface area contributed by atoms with E-state index in [1.165, 1.54) is 0 Å². The molecular weight excluding hydrogens is 324 g/mol. The highest BCUT2D eigenvalue weighted by molar-refractivity contribution is 5.19. The van der Waals surface area contributed by atoms with Crippen molar-refractivity contribution in [2.45, 2.75) is 56.3 Å². The standard InChI is InChI=1S/C19H26O6/c1-4-10-19(22-11-14-8-6-5-7-9-14)15-16(24-17(2,3)23-15)25-18(19,12-20)13-21/h4-9,15-16,20-21H,1,10-13H2,2-3H3/t15-,16-,19-/m0/s1. The lowest BCUT2D eigenvalue weighted by Crippen LogP contribution is -2.62. The number of aliphatic hydroxyl groups is 2. The van der Waals surface area contributed by atoms with Crippen LogP contribution in [0.1, 0.15) is 25.8 Å². The molecule has 25 heavy (non-hydrogen) atoms. The van der Waals surface area contributed by atoms with Crippen molar-refractivity contribution in [1.29, 1.82) is 0 Å². The second kappa shape index (κ2) is 6.79. The average molecular weight is 350 g/mol. The number of ether oxygens (including phenoxy) is 4. The van der Waals surface area contributed by atoms with E-state index in [0.29, 0.717) is 6.42 Å². The molecular formula is C19H26O6. The third-order valence-electron chi connectivity index (χ3n) is 4.93. The first-order valence-corrected chi connectivity index (χ1v) is 8.46. The van der Waals surface area contributed by atoms with Crippen LogP contribution in [0.25, 0.3) is 0 Å². The summed E-state index contributed by atoms with van der Waals surface area (Å²) in [6.45, 7) is 6.84. The molecule has 1 aromatic rings. The Morgan fingerprint density at radius 2 is 1.80 bits per heavy atom. The molecule has 3 atom stereocenters. The van der Waals surface area contributed by atoms with Crippen LogP contribution in [0.2, 0.25) is 0 Å². The van der Waals surface area contributed by atoms with Gasteiger partial charge in [-0.2, -0.15) is 0 Å². The van der Waals surface area contributed by atoms with Crippen molar-refractivity contribution >= 4 is 0 Å². The number of aliphatic hydroxyl groups excluding tert-OH is 2. The Hall–Kier alpha value is -1.28. The maximum atomic E-state index is 10.1. The molecule has 6 heteroatoms. The van der Waals surface area contributed by atoms with E-state index in [1.807, 2.05) is 30.3 Å². The molecule has 2 aliphatic rings. The van der Waals surface area contributed by atoms with Gasteiger partial charge in [0.15, 0.2) is 12.1 Å². The summed E-state index contributed by atoms with van der Waals surface area (Å²) in [6, 6.07) is 9.68. The maximum Gasteiger partial charge on any atom is 0.191 e. The van der Waals surface area contributed by atoms with E-state index >= 15 is 0 Å². The van der Waals surface area contributed by atoms with E-state index in [9.17, 15) is 10.2 Å². The fourth-order valence-electron chi connectivity index (χ4n) is 3.68. The maximum absolute atomic E-state index is 10.1. The second-order valence-electron chi connectivity index (χ2n) is 7.01. The minimum absolute atomic E-state index is 0.285. The fraction of sp³-hybridized carbons (Fsp3) is 0.579. The smallest absolute Gasteiger partial charge is 0.191 e. The van der Waals surface area contributed by atoms with Gasteiger partial charge >= 0.3 is 0 Å². The van der Waals surface area contributed by atoms with Crippen LogP contribution >= 0.6 is 0 Å². The van der Waals surface area contributed by atoms with Gasteiger partial charge in [0.2, 0.25) is 0 Å². The molecule has 2 aliphatic heterocycles. The molecule has 2 N–H and O–H groups in total. The molecule has 2 saturated heterocycles. The van der Waals surface area contributed by atoms with E-state index in [1.54, 1.807) is 19.9 Å². The number of rotatable bonds is 7. The van der Waals surface area contributed by atoms with Gasteiger partial charge in [-0.15, -0.1) is 6.58 Å². The monoisotopic (exact) mass is 350 g/mol. The SMILES string of the molecule is C=CC[C@]1(OCc2ccccc2)[C@H]2OC(C)(C)O[C@H]2OC1(CO)CO. The first-order chi connectivity index (χ1) is 11.9. The van der Waals surface area contributed by atoms with Crippen LogP contribution in [0.3, 0.4) is 0 Å². The van der Waals surface area contributed by atoms with Crippen molar-refractivity contribution in [2.24, 2.45) is 0 Å². The van der Waals surface area contributed by atoms with Gasteiger partial charge in [-0.05, 0) is 25.8 Å². The normalized spacial score (nSPS) is 32.5. The number of fused-ring (bicyclic) bond motifs is 1. The van der Waals surface area contributed by atoms with E-state index in [4.69, 9.17) is 18.9 Å². The minimum atomic E-state index is -1.35. The highest BCUT2D eigenvalue weighted by Gasteiger charge is 2.71. The molecule has 0 aliphatic carbocycles. The molecule has 0 unspecified atom stereocenters. The molecule has 0 radical (unpaired) electrons. The summed E-state index contributed by atoms with van der Waals surface area (Å²) < 4.78 is 24.1. The third kappa shape index (κ3) is 3.03. The molecule has 0 amide bonds. The fourth-order valence-corrected chi connectivity index (χ4v) is 3.68. The van der Waals surface area contributed by atoms with Crippen molar-refractivity contribution in [2.75, 3.05) is 13.2 Å². The molecule has 2 heterocycles. The third-order valence-corrected chi connectivity index (χ3v) is 4.93. The lowest BCUT2D eigenvalue weighted by atomic mass is 9.78. The molecule has 0 aromatic heterocycles. The van der Waals surface area contributed by atoms with Gasteiger partial charge in [0.25, 0.3) is 0 Å². The van der Waals surface area contributed by atoms with Crippen molar-refractivity contribution in [3.05, 3.63) is 48.6 Å². The predicted octanol–water partition coefficient (Wildman–Crippen LogP) is 1.75. The number of benzene rings is 1. The van der Waals surface area contributed by atoms with Gasteiger partial charge in [-0.3, -0.25) is 0 Å². The Kier molecular flexibility index (Phi) is 5.03. The van der Waals surface area contributed by atoms with Crippen LogP contribution in [-0.4, -0.2) is 52.8 Å². The minimum Gasteiger partial charge on any atom is -0.393 e. The number of hydrogen-bond acceptors (Lipinski definition) is 6. The summed E-state index contributed by atoms with van der Waals surface area (Å²) in [4.78, 5) is 0. The van der Waals surface area contributed by atoms with Gasteiger partial charge in [0, 0.05) is 0 Å². The van der Waals surface area contributed by atoms with E-state index in [0.717, 1.165) is 5.56 Å². The molecule has 0 spiro atoms. The van der Waals surface area contributed by atoms with Crippen molar-refractivity contribution in [3.8, 4) is 0 Å². The molecule has 3 rings (SSSR count). The molecule has 6 nitrogen and oxygen atoms in total. The topological polar surface area (TPSA) is 77.4 Å². The lowest BCUT2D eigenvalue weighted by Gasteiger charge is -2.44. The first-order valence-electron chi connectivity index (χ1n) is 8.46. The van der Waals surface area contributed by atoms with E-state index in [2.05, 4.69) is 6.58 Å². The van der Waals surface area contributed by atoms with Crippen LogP contribution in [0.4, 0.5) is 0 Å². The van der Waals surface area contributed by atoms with Gasteiger partial charge in [-0.1, -0.05) is 36.4 Å². The molecule has 2 fully saturated rings. The Morgan fingerprint density at radius 3 is 2.40 bits per heavy atom. The van der Waals surface area contributed by atoms with E-state index in [-0.39, 0.29) is 6.61 Å². The van der Waals surface area contributed by atoms with Gasteiger partial charge in [0.05, 0.1) is 19.8 Å². The zero-order chi connectivity index (χ0) is 18.1. The lowest BCUT2D eigenvalue weighted by molar-refractivity contribution is -0.283. The Labute approximate surface area is 148 Å². The van der Waals surface area contributed by atoms with Gasteiger partial charge in [-0.25, -0.2) is 0 Å². The Morgan fingerprint density at radius 1 is 1.12 bits per heavy atom. The molecule has 1 aromatic carbocycles. The van der Waals surface area contributed by atoms with E-state index < -0.39 is 42.6 Å². The summed E-state index contributed by atoms with van der Waals surface area (Å²) in [5.74, 6) is -0.838. The number of hydrogen-bond donors (Lipinski definition) is 2. The van der Waals surface area contributed by atoms with Gasteiger partial charge in [0.1, 0.15) is 17.3 Å². The largest absolute Gasteiger partial charge is 0.393 e. The van der Waals surface area contributed by atoms with Gasteiger partial charge < -0.3 is 29.2 Å². The van der Waals surface area contributed by atoms with Crippen molar-refractivity contribution in [1.82, 2.24) is 0 Å². The molecule has 0 bridgehead atoms. The summed E-state index contributed by atoms with van der Waals surface area (Å²) in [7, 11) is 0. The zero-order valence-electron chi connectivity index (χ0n) is 14.7. The summed E-state index contributed by atoms with van der Waals surface area (Å²) in [6.07, 6.45) is 0.695. The average Bonchev–Trinajstić information content (AvgIpc) is 3.03. The van der Waals surface area contributed by atoms with Crippen LogP contribution in [0, 0.1) is 0 Å². The summed E-state index contributed by atoms with van der Waals surface area (Å²) in [5.41, 5.74) is -1.49. The Balaban J connectivity index is 1.96. The summed E-state index contributed by atoms with van der Waals surface area (Å²) in [5, 5.41) is 20.1. The Bertz CT molecular complexity index is 597. The van der Waals surface area contributed by atoms with Crippen molar-refractivity contribution < 1.29 is 29.2 Å². The quantitative estimate of drug-likeness (QED) is 0.730. The highest BCUT2D eigenvalue weighted by atomic mass is 16.9. The van der Waals surface area contributed by atoms with Crippen LogP contribution < -0.4 is 0 Å². The molecule has 0 saturated carbocycles. The summed E-state index contributed by atoms with van der Waals surface area (Å²) >= 11 is 0.